The number of hydrogen-bond acceptors (Lipinski definition) is 2. The van der Waals surface area contributed by atoms with Gasteiger partial charge in [0, 0.05) is 6.54 Å². The van der Waals surface area contributed by atoms with Crippen molar-refractivity contribution in [1.29, 1.82) is 0 Å². The van der Waals surface area contributed by atoms with Crippen LogP contribution in [0.25, 0.3) is 0 Å². The van der Waals surface area contributed by atoms with Crippen LogP contribution in [0.15, 0.2) is 53.0 Å². The standard InChI is InChI=1S/C16H18BrNO/c1-12-8-9-15(14(17)10-12)19-16(11-18-2)13-6-4-3-5-7-13/h3-10,16,18H,11H2,1-2H3. The van der Waals surface area contributed by atoms with Gasteiger partial charge in [0.2, 0.25) is 0 Å². The maximum Gasteiger partial charge on any atom is 0.136 e. The normalized spacial score (nSPS) is 12.2. The first-order chi connectivity index (χ1) is 9.20. The summed E-state index contributed by atoms with van der Waals surface area (Å²) in [5.74, 6) is 0.870. The molecule has 0 amide bonds. The van der Waals surface area contributed by atoms with Gasteiger partial charge in [-0.3, -0.25) is 0 Å². The van der Waals surface area contributed by atoms with E-state index in [-0.39, 0.29) is 6.10 Å². The van der Waals surface area contributed by atoms with E-state index < -0.39 is 0 Å². The maximum absolute atomic E-state index is 6.12. The molecule has 0 spiro atoms. The Labute approximate surface area is 122 Å². The van der Waals surface area contributed by atoms with Gasteiger partial charge < -0.3 is 10.1 Å². The van der Waals surface area contributed by atoms with Crippen LogP contribution < -0.4 is 10.1 Å². The zero-order valence-electron chi connectivity index (χ0n) is 11.2. The van der Waals surface area contributed by atoms with E-state index in [0.29, 0.717) is 0 Å². The third-order valence-corrected chi connectivity index (χ3v) is 3.54. The summed E-state index contributed by atoms with van der Waals surface area (Å²) in [5, 5.41) is 3.18. The van der Waals surface area contributed by atoms with Crippen molar-refractivity contribution in [3.8, 4) is 5.75 Å². The first-order valence-corrected chi connectivity index (χ1v) is 7.12. The summed E-state index contributed by atoms with van der Waals surface area (Å²) in [6.07, 6.45) is 0.00482. The van der Waals surface area contributed by atoms with Gasteiger partial charge in [0.25, 0.3) is 0 Å². The SMILES string of the molecule is CNCC(Oc1ccc(C)cc1Br)c1ccccc1. The Morgan fingerprint density at radius 3 is 2.53 bits per heavy atom. The maximum atomic E-state index is 6.12. The molecule has 3 heteroatoms. The van der Waals surface area contributed by atoms with Crippen molar-refractivity contribution in [2.75, 3.05) is 13.6 Å². The van der Waals surface area contributed by atoms with Crippen LogP contribution in [-0.2, 0) is 0 Å². The van der Waals surface area contributed by atoms with Gasteiger partial charge in [0.1, 0.15) is 11.9 Å². The fourth-order valence-corrected chi connectivity index (χ4v) is 2.52. The average molecular weight is 320 g/mol. The van der Waals surface area contributed by atoms with Crippen molar-refractivity contribution in [3.05, 3.63) is 64.1 Å². The van der Waals surface area contributed by atoms with Gasteiger partial charge in [-0.1, -0.05) is 36.4 Å². The van der Waals surface area contributed by atoms with E-state index in [1.165, 1.54) is 11.1 Å². The Hall–Kier alpha value is -1.32. The van der Waals surface area contributed by atoms with E-state index >= 15 is 0 Å². The van der Waals surface area contributed by atoms with Crippen LogP contribution >= 0.6 is 15.9 Å². The molecule has 0 aliphatic carbocycles. The highest BCUT2D eigenvalue weighted by Crippen LogP contribution is 2.30. The molecular weight excluding hydrogens is 302 g/mol. The fraction of sp³-hybridized carbons (Fsp3) is 0.250. The predicted molar refractivity (Wildman–Crippen MR) is 82.6 cm³/mol. The van der Waals surface area contributed by atoms with Crippen LogP contribution in [0.2, 0.25) is 0 Å². The van der Waals surface area contributed by atoms with Crippen molar-refractivity contribution in [2.24, 2.45) is 0 Å². The second kappa shape index (κ2) is 6.73. The minimum Gasteiger partial charge on any atom is -0.483 e. The molecule has 0 bridgehead atoms. The lowest BCUT2D eigenvalue weighted by Crippen LogP contribution is -2.22. The van der Waals surface area contributed by atoms with Gasteiger partial charge in [-0.15, -0.1) is 0 Å². The summed E-state index contributed by atoms with van der Waals surface area (Å²) in [6, 6.07) is 16.4. The lowest BCUT2D eigenvalue weighted by atomic mass is 10.1. The number of ether oxygens (including phenoxy) is 1. The Morgan fingerprint density at radius 2 is 1.89 bits per heavy atom. The summed E-state index contributed by atoms with van der Waals surface area (Å²) in [5.41, 5.74) is 2.38. The van der Waals surface area contributed by atoms with Crippen LogP contribution in [0.1, 0.15) is 17.2 Å². The van der Waals surface area contributed by atoms with Crippen LogP contribution in [-0.4, -0.2) is 13.6 Å². The van der Waals surface area contributed by atoms with Crippen LogP contribution in [0.5, 0.6) is 5.75 Å². The van der Waals surface area contributed by atoms with Crippen LogP contribution in [0.3, 0.4) is 0 Å². The number of aryl methyl sites for hydroxylation is 1. The monoisotopic (exact) mass is 319 g/mol. The molecule has 0 saturated carbocycles. The molecule has 19 heavy (non-hydrogen) atoms. The molecule has 0 aliphatic heterocycles. The van der Waals surface area contributed by atoms with E-state index in [1.807, 2.05) is 31.3 Å². The molecule has 100 valence electrons. The molecule has 0 aliphatic rings. The summed E-state index contributed by atoms with van der Waals surface area (Å²) in [6.45, 7) is 2.83. The molecule has 2 rings (SSSR count). The number of benzene rings is 2. The smallest absolute Gasteiger partial charge is 0.136 e. The molecule has 1 unspecified atom stereocenters. The van der Waals surface area contributed by atoms with Gasteiger partial charge in [0.15, 0.2) is 0 Å². The molecular formula is C16H18BrNO. The molecule has 0 radical (unpaired) electrons. The Balaban J connectivity index is 2.21. The molecule has 0 fully saturated rings. The molecule has 0 aromatic heterocycles. The molecule has 2 aromatic rings. The van der Waals surface area contributed by atoms with Gasteiger partial charge in [0.05, 0.1) is 4.47 Å². The van der Waals surface area contributed by atoms with E-state index in [4.69, 9.17) is 4.74 Å². The number of likely N-dealkylation sites (N-methyl/N-ethyl adjacent to an activating group) is 1. The van der Waals surface area contributed by atoms with Crippen molar-refractivity contribution < 1.29 is 4.74 Å². The van der Waals surface area contributed by atoms with Gasteiger partial charge >= 0.3 is 0 Å². The molecule has 2 nitrogen and oxygen atoms in total. The minimum absolute atomic E-state index is 0.00482. The highest BCUT2D eigenvalue weighted by atomic mass is 79.9. The lowest BCUT2D eigenvalue weighted by molar-refractivity contribution is 0.203. The van der Waals surface area contributed by atoms with Gasteiger partial charge in [-0.2, -0.15) is 0 Å². The van der Waals surface area contributed by atoms with Crippen molar-refractivity contribution in [1.82, 2.24) is 5.32 Å². The highest BCUT2D eigenvalue weighted by molar-refractivity contribution is 9.10. The topological polar surface area (TPSA) is 21.3 Å². The largest absolute Gasteiger partial charge is 0.483 e. The molecule has 0 heterocycles. The summed E-state index contributed by atoms with van der Waals surface area (Å²) >= 11 is 3.55. The Morgan fingerprint density at radius 1 is 1.16 bits per heavy atom. The summed E-state index contributed by atoms with van der Waals surface area (Å²) in [7, 11) is 1.93. The lowest BCUT2D eigenvalue weighted by Gasteiger charge is -2.20. The zero-order chi connectivity index (χ0) is 13.7. The second-order valence-corrected chi connectivity index (χ2v) is 5.36. The molecule has 1 N–H and O–H groups in total. The second-order valence-electron chi connectivity index (χ2n) is 4.51. The number of nitrogens with one attached hydrogen (secondary N) is 1. The number of halogens is 1. The van der Waals surface area contributed by atoms with E-state index in [2.05, 4.69) is 52.4 Å². The summed E-state index contributed by atoms with van der Waals surface area (Å²) in [4.78, 5) is 0. The zero-order valence-corrected chi connectivity index (χ0v) is 12.8. The van der Waals surface area contributed by atoms with E-state index in [0.717, 1.165) is 16.8 Å². The molecule has 0 saturated heterocycles. The Kier molecular flexibility index (Phi) is 5.00. The quantitative estimate of drug-likeness (QED) is 0.896. The number of hydrogen-bond donors (Lipinski definition) is 1. The third-order valence-electron chi connectivity index (χ3n) is 2.92. The third kappa shape index (κ3) is 3.82. The minimum atomic E-state index is 0.00482. The Bertz CT molecular complexity index is 528. The van der Waals surface area contributed by atoms with E-state index in [9.17, 15) is 0 Å². The average Bonchev–Trinajstić information content (AvgIpc) is 2.42. The fourth-order valence-electron chi connectivity index (χ4n) is 1.94. The van der Waals surface area contributed by atoms with E-state index in [1.54, 1.807) is 0 Å². The number of rotatable bonds is 5. The van der Waals surface area contributed by atoms with Crippen molar-refractivity contribution >= 4 is 15.9 Å². The first-order valence-electron chi connectivity index (χ1n) is 6.33. The summed E-state index contributed by atoms with van der Waals surface area (Å²) < 4.78 is 7.11. The van der Waals surface area contributed by atoms with Gasteiger partial charge in [-0.25, -0.2) is 0 Å². The van der Waals surface area contributed by atoms with Crippen LogP contribution in [0, 0.1) is 6.92 Å². The van der Waals surface area contributed by atoms with Gasteiger partial charge in [-0.05, 0) is 53.2 Å². The predicted octanol–water partition coefficient (Wildman–Crippen LogP) is 4.10. The molecule has 1 atom stereocenters. The van der Waals surface area contributed by atoms with Crippen LogP contribution in [0.4, 0.5) is 0 Å². The van der Waals surface area contributed by atoms with Crippen molar-refractivity contribution in [2.45, 2.75) is 13.0 Å². The first kappa shape index (κ1) is 14.1. The molecule has 2 aromatic carbocycles. The highest BCUT2D eigenvalue weighted by Gasteiger charge is 2.13. The van der Waals surface area contributed by atoms with Crippen molar-refractivity contribution in [3.63, 3.8) is 0 Å².